The average Bonchev–Trinajstić information content (AvgIpc) is 2.74. The van der Waals surface area contributed by atoms with Crippen molar-refractivity contribution in [1.82, 2.24) is 5.32 Å². The van der Waals surface area contributed by atoms with Crippen LogP contribution in [0.25, 0.3) is 5.57 Å². The first-order valence-corrected chi connectivity index (χ1v) is 10.9. The zero-order valence-corrected chi connectivity index (χ0v) is 18.3. The van der Waals surface area contributed by atoms with E-state index >= 15 is 0 Å². The van der Waals surface area contributed by atoms with Gasteiger partial charge in [0.05, 0.1) is 6.04 Å². The average molecular weight is 376 g/mol. The molecular formula is C27H37N. The smallest absolute Gasteiger partial charge is 0.0768 e. The summed E-state index contributed by atoms with van der Waals surface area (Å²) < 4.78 is 0. The predicted octanol–water partition coefficient (Wildman–Crippen LogP) is 7.63. The van der Waals surface area contributed by atoms with Gasteiger partial charge in [0.15, 0.2) is 0 Å². The van der Waals surface area contributed by atoms with Crippen molar-refractivity contribution in [3.63, 3.8) is 0 Å². The number of aryl methyl sites for hydroxylation is 2. The summed E-state index contributed by atoms with van der Waals surface area (Å²) in [6.45, 7) is 11.1. The Bertz CT molecular complexity index is 763. The lowest BCUT2D eigenvalue weighted by molar-refractivity contribution is 0.544. The minimum absolute atomic E-state index is 0.224. The van der Waals surface area contributed by atoms with Crippen molar-refractivity contribution in [1.29, 1.82) is 0 Å². The third kappa shape index (κ3) is 6.41. The summed E-state index contributed by atoms with van der Waals surface area (Å²) in [6.07, 6.45) is 11.3. The lowest BCUT2D eigenvalue weighted by Gasteiger charge is -2.25. The van der Waals surface area contributed by atoms with E-state index in [0.29, 0.717) is 0 Å². The molecule has 1 aliphatic heterocycles. The van der Waals surface area contributed by atoms with E-state index in [0.717, 1.165) is 12.3 Å². The van der Waals surface area contributed by atoms with Crippen molar-refractivity contribution in [2.45, 2.75) is 66.3 Å². The van der Waals surface area contributed by atoms with Gasteiger partial charge in [0.2, 0.25) is 0 Å². The van der Waals surface area contributed by atoms with Gasteiger partial charge in [-0.1, -0.05) is 107 Å². The molecule has 0 aromatic heterocycles. The molecule has 1 heterocycles. The van der Waals surface area contributed by atoms with Crippen molar-refractivity contribution >= 4 is 5.57 Å². The van der Waals surface area contributed by atoms with Gasteiger partial charge >= 0.3 is 0 Å². The standard InChI is InChI=1S/C21H23N.C6H14/c1-3-6-17-10-12-18(13-11-17)20-9-5-14-22-21(20)19-8-4-7-16(2)15-19;1-4-6(3)5-2/h4-5,7-15,21-22H,3,6H2,1-2H3;6H,4-5H2,1-3H3. The third-order valence-electron chi connectivity index (χ3n) is 5.54. The van der Waals surface area contributed by atoms with Gasteiger partial charge in [-0.25, -0.2) is 0 Å². The molecule has 1 N–H and O–H groups in total. The molecule has 0 amide bonds. The van der Waals surface area contributed by atoms with Gasteiger partial charge in [-0.05, 0) is 53.8 Å². The molecule has 1 atom stereocenters. The minimum Gasteiger partial charge on any atom is -0.380 e. The Hall–Kier alpha value is -2.28. The maximum atomic E-state index is 3.50. The van der Waals surface area contributed by atoms with Crippen molar-refractivity contribution in [3.8, 4) is 0 Å². The number of nitrogens with one attached hydrogen (secondary N) is 1. The Kier molecular flexibility index (Phi) is 9.07. The van der Waals surface area contributed by atoms with E-state index < -0.39 is 0 Å². The first kappa shape index (κ1) is 22.0. The van der Waals surface area contributed by atoms with Crippen LogP contribution in [0.1, 0.15) is 75.3 Å². The van der Waals surface area contributed by atoms with Crippen LogP contribution in [0.2, 0.25) is 0 Å². The van der Waals surface area contributed by atoms with Gasteiger partial charge < -0.3 is 5.32 Å². The molecule has 0 fully saturated rings. The van der Waals surface area contributed by atoms with Crippen molar-refractivity contribution in [3.05, 3.63) is 89.1 Å². The lowest BCUT2D eigenvalue weighted by atomic mass is 9.90. The molecule has 150 valence electrons. The minimum atomic E-state index is 0.224. The van der Waals surface area contributed by atoms with Crippen LogP contribution in [-0.4, -0.2) is 0 Å². The quantitative estimate of drug-likeness (QED) is 0.547. The van der Waals surface area contributed by atoms with Crippen LogP contribution in [0, 0.1) is 12.8 Å². The molecule has 1 heteroatoms. The summed E-state index contributed by atoms with van der Waals surface area (Å²) in [5.41, 5.74) is 6.65. The highest BCUT2D eigenvalue weighted by atomic mass is 14.9. The Morgan fingerprint density at radius 3 is 2.25 bits per heavy atom. The van der Waals surface area contributed by atoms with Crippen molar-refractivity contribution < 1.29 is 0 Å². The molecule has 0 aliphatic carbocycles. The maximum Gasteiger partial charge on any atom is 0.0768 e. The highest BCUT2D eigenvalue weighted by Crippen LogP contribution is 2.32. The first-order valence-electron chi connectivity index (χ1n) is 10.9. The molecule has 3 rings (SSSR count). The second-order valence-electron chi connectivity index (χ2n) is 7.86. The van der Waals surface area contributed by atoms with Gasteiger partial charge in [0.25, 0.3) is 0 Å². The maximum absolute atomic E-state index is 3.50. The predicted molar refractivity (Wildman–Crippen MR) is 124 cm³/mol. The van der Waals surface area contributed by atoms with E-state index in [-0.39, 0.29) is 6.04 Å². The molecule has 0 radical (unpaired) electrons. The van der Waals surface area contributed by atoms with Gasteiger partial charge in [-0.3, -0.25) is 0 Å². The summed E-state index contributed by atoms with van der Waals surface area (Å²) in [4.78, 5) is 0. The van der Waals surface area contributed by atoms with Gasteiger partial charge in [-0.2, -0.15) is 0 Å². The van der Waals surface area contributed by atoms with E-state index in [1.54, 1.807) is 0 Å². The molecule has 28 heavy (non-hydrogen) atoms. The highest BCUT2D eigenvalue weighted by molar-refractivity contribution is 5.74. The zero-order valence-electron chi connectivity index (χ0n) is 18.3. The summed E-state index contributed by atoms with van der Waals surface area (Å²) in [5, 5.41) is 3.50. The summed E-state index contributed by atoms with van der Waals surface area (Å²) >= 11 is 0. The number of benzene rings is 2. The topological polar surface area (TPSA) is 12.0 Å². The number of hydrogen-bond acceptors (Lipinski definition) is 1. The van der Waals surface area contributed by atoms with Crippen LogP contribution in [-0.2, 0) is 6.42 Å². The summed E-state index contributed by atoms with van der Waals surface area (Å²) in [6, 6.07) is 18.0. The second-order valence-corrected chi connectivity index (χ2v) is 7.86. The Labute approximate surface area is 172 Å². The fraction of sp³-hybridized carbons (Fsp3) is 0.407. The highest BCUT2D eigenvalue weighted by Gasteiger charge is 2.18. The molecule has 0 saturated carbocycles. The molecule has 1 aliphatic rings. The zero-order chi connectivity index (χ0) is 20.4. The fourth-order valence-corrected chi connectivity index (χ4v) is 3.32. The SMILES string of the molecule is CCC(C)CC.CCCc1ccc(C2=CC=CNC2c2cccc(C)c2)cc1. The van der Waals surface area contributed by atoms with Crippen LogP contribution >= 0.6 is 0 Å². The molecule has 2 aromatic carbocycles. The van der Waals surface area contributed by atoms with Crippen molar-refractivity contribution in [2.75, 3.05) is 0 Å². The van der Waals surface area contributed by atoms with E-state index in [9.17, 15) is 0 Å². The molecule has 0 bridgehead atoms. The first-order chi connectivity index (χ1) is 13.6. The Morgan fingerprint density at radius 2 is 1.68 bits per heavy atom. The van der Waals surface area contributed by atoms with E-state index in [1.165, 1.54) is 47.1 Å². The second kappa shape index (κ2) is 11.5. The summed E-state index contributed by atoms with van der Waals surface area (Å²) in [5.74, 6) is 0.935. The lowest BCUT2D eigenvalue weighted by Crippen LogP contribution is -2.19. The largest absolute Gasteiger partial charge is 0.380 e. The fourth-order valence-electron chi connectivity index (χ4n) is 3.32. The van der Waals surface area contributed by atoms with Crippen molar-refractivity contribution in [2.24, 2.45) is 5.92 Å². The van der Waals surface area contributed by atoms with E-state index in [4.69, 9.17) is 0 Å². The van der Waals surface area contributed by atoms with Crippen LogP contribution in [0.15, 0.2) is 66.9 Å². The van der Waals surface area contributed by atoms with Crippen LogP contribution in [0.5, 0.6) is 0 Å². The van der Waals surface area contributed by atoms with E-state index in [1.807, 2.05) is 6.20 Å². The third-order valence-corrected chi connectivity index (χ3v) is 5.54. The normalized spacial score (nSPS) is 15.5. The monoisotopic (exact) mass is 375 g/mol. The molecule has 1 nitrogen and oxygen atoms in total. The molecule has 0 spiro atoms. The van der Waals surface area contributed by atoms with Gasteiger partial charge in [-0.15, -0.1) is 0 Å². The summed E-state index contributed by atoms with van der Waals surface area (Å²) in [7, 11) is 0. The van der Waals surface area contributed by atoms with Gasteiger partial charge in [0.1, 0.15) is 0 Å². The van der Waals surface area contributed by atoms with E-state index in [2.05, 4.69) is 101 Å². The Balaban J connectivity index is 0.000000409. The number of dihydropyridines is 1. The number of rotatable bonds is 6. The molecule has 1 unspecified atom stereocenters. The molecule has 0 saturated heterocycles. The molecule has 2 aromatic rings. The van der Waals surface area contributed by atoms with Gasteiger partial charge in [0, 0.05) is 0 Å². The number of allylic oxidation sites excluding steroid dienone is 2. The van der Waals surface area contributed by atoms with Crippen LogP contribution < -0.4 is 5.32 Å². The molecular weight excluding hydrogens is 338 g/mol. The van der Waals surface area contributed by atoms with Crippen LogP contribution in [0.4, 0.5) is 0 Å². The Morgan fingerprint density at radius 1 is 0.964 bits per heavy atom. The van der Waals surface area contributed by atoms with Crippen LogP contribution in [0.3, 0.4) is 0 Å². The number of hydrogen-bond donors (Lipinski definition) is 1.